The number of pyridine rings is 1. The van der Waals surface area contributed by atoms with Crippen molar-refractivity contribution in [2.45, 2.75) is 6.42 Å². The van der Waals surface area contributed by atoms with Crippen molar-refractivity contribution in [1.82, 2.24) is 4.98 Å². The number of halogens is 1. The Morgan fingerprint density at radius 2 is 1.43 bits per heavy atom. The predicted octanol–water partition coefficient (Wildman–Crippen LogP) is 6.05. The van der Waals surface area contributed by atoms with Crippen molar-refractivity contribution in [2.75, 3.05) is 0 Å². The number of aromatic hydroxyl groups is 2. The number of rotatable bonds is 2. The summed E-state index contributed by atoms with van der Waals surface area (Å²) in [5, 5.41) is 21.4. The number of fused-ring (bicyclic) bond motifs is 3. The third-order valence-electron chi connectivity index (χ3n) is 5.22. The van der Waals surface area contributed by atoms with E-state index < -0.39 is 0 Å². The lowest BCUT2D eigenvalue weighted by Gasteiger charge is -2.13. The Hall–Kier alpha value is -3.30. The molecule has 0 unspecified atom stereocenters. The number of hydrogen-bond acceptors (Lipinski definition) is 3. The lowest BCUT2D eigenvalue weighted by atomic mass is 9.96. The van der Waals surface area contributed by atoms with Crippen LogP contribution in [0.25, 0.3) is 33.6 Å². The van der Waals surface area contributed by atoms with Crippen LogP contribution in [0.4, 0.5) is 0 Å². The quantitative estimate of drug-likeness (QED) is 0.389. The van der Waals surface area contributed by atoms with Crippen LogP contribution in [-0.2, 0) is 6.42 Å². The molecule has 0 fully saturated rings. The zero-order chi connectivity index (χ0) is 19.3. The van der Waals surface area contributed by atoms with Gasteiger partial charge in [-0.3, -0.25) is 0 Å². The average Bonchev–Trinajstić information content (AvgIpc) is 3.09. The zero-order valence-corrected chi connectivity index (χ0v) is 15.6. The molecule has 0 bridgehead atoms. The van der Waals surface area contributed by atoms with Gasteiger partial charge in [0.15, 0.2) is 0 Å². The lowest BCUT2D eigenvalue weighted by molar-refractivity contribution is 0.470. The Morgan fingerprint density at radius 3 is 2.21 bits per heavy atom. The Balaban J connectivity index is 1.81. The molecule has 5 rings (SSSR count). The van der Waals surface area contributed by atoms with E-state index in [1.54, 1.807) is 18.2 Å². The first-order valence-corrected chi connectivity index (χ1v) is 9.39. The maximum atomic E-state index is 10.4. The van der Waals surface area contributed by atoms with E-state index in [4.69, 9.17) is 16.6 Å². The third kappa shape index (κ3) is 2.63. The highest BCUT2D eigenvalue weighted by Crippen LogP contribution is 2.45. The van der Waals surface area contributed by atoms with Gasteiger partial charge in [-0.05, 0) is 53.1 Å². The Morgan fingerprint density at radius 1 is 0.714 bits per heavy atom. The van der Waals surface area contributed by atoms with Gasteiger partial charge < -0.3 is 10.2 Å². The minimum Gasteiger partial charge on any atom is -0.508 e. The van der Waals surface area contributed by atoms with Crippen LogP contribution in [-0.4, -0.2) is 15.2 Å². The molecule has 3 aromatic carbocycles. The van der Waals surface area contributed by atoms with Gasteiger partial charge in [-0.15, -0.1) is 0 Å². The van der Waals surface area contributed by atoms with Gasteiger partial charge in [-0.1, -0.05) is 48.0 Å². The van der Waals surface area contributed by atoms with Crippen molar-refractivity contribution in [2.24, 2.45) is 0 Å². The Bertz CT molecular complexity index is 1220. The minimum atomic E-state index is 0.186. The van der Waals surface area contributed by atoms with E-state index in [9.17, 15) is 10.2 Å². The fourth-order valence-corrected chi connectivity index (χ4v) is 3.97. The maximum absolute atomic E-state index is 10.4. The second-order valence-electron chi connectivity index (χ2n) is 6.89. The van der Waals surface area contributed by atoms with Gasteiger partial charge >= 0.3 is 0 Å². The molecular formula is C24H16ClNO2. The number of phenolic OH excluding ortho intramolecular Hbond substituents is 2. The Labute approximate surface area is 167 Å². The molecule has 3 nitrogen and oxygen atoms in total. The molecule has 1 aromatic heterocycles. The van der Waals surface area contributed by atoms with Crippen LogP contribution in [0.1, 0.15) is 11.1 Å². The molecule has 4 aromatic rings. The summed E-state index contributed by atoms with van der Waals surface area (Å²) < 4.78 is 0. The SMILES string of the molecule is Oc1ccccc1-c1cc(-c2ccc(Cl)cc2)c2c(n1)-c1cccc(O)c1C2. The monoisotopic (exact) mass is 385 g/mol. The van der Waals surface area contributed by atoms with Crippen molar-refractivity contribution in [3.8, 4) is 45.1 Å². The van der Waals surface area contributed by atoms with Crippen molar-refractivity contribution in [1.29, 1.82) is 0 Å². The van der Waals surface area contributed by atoms with Crippen molar-refractivity contribution >= 4 is 11.6 Å². The highest BCUT2D eigenvalue weighted by Gasteiger charge is 2.27. The highest BCUT2D eigenvalue weighted by atomic mass is 35.5. The first kappa shape index (κ1) is 16.8. The molecule has 1 aliphatic carbocycles. The van der Waals surface area contributed by atoms with Gasteiger partial charge in [0.25, 0.3) is 0 Å². The first-order chi connectivity index (χ1) is 13.6. The molecule has 0 aliphatic heterocycles. The molecule has 0 atom stereocenters. The molecule has 0 saturated heterocycles. The van der Waals surface area contributed by atoms with Crippen LogP contribution in [0.5, 0.6) is 11.5 Å². The van der Waals surface area contributed by atoms with E-state index >= 15 is 0 Å². The summed E-state index contributed by atoms with van der Waals surface area (Å²) in [6.07, 6.45) is 0.614. The number of nitrogens with zero attached hydrogens (tertiary/aromatic N) is 1. The summed E-state index contributed by atoms with van der Waals surface area (Å²) in [7, 11) is 0. The van der Waals surface area contributed by atoms with Crippen LogP contribution < -0.4 is 0 Å². The number of aromatic nitrogens is 1. The number of phenols is 2. The van der Waals surface area contributed by atoms with Crippen LogP contribution in [0, 0.1) is 0 Å². The summed E-state index contributed by atoms with van der Waals surface area (Å²) in [6.45, 7) is 0. The number of hydrogen-bond donors (Lipinski definition) is 2. The van der Waals surface area contributed by atoms with Crippen LogP contribution >= 0.6 is 11.6 Å². The molecular weight excluding hydrogens is 370 g/mol. The first-order valence-electron chi connectivity index (χ1n) is 9.01. The maximum Gasteiger partial charge on any atom is 0.124 e. The van der Waals surface area contributed by atoms with Gasteiger partial charge in [-0.25, -0.2) is 4.98 Å². The second-order valence-corrected chi connectivity index (χ2v) is 7.32. The molecule has 0 radical (unpaired) electrons. The van der Waals surface area contributed by atoms with E-state index in [1.165, 1.54) is 0 Å². The van der Waals surface area contributed by atoms with Gasteiger partial charge in [0.05, 0.1) is 11.4 Å². The van der Waals surface area contributed by atoms with Crippen molar-refractivity contribution in [3.63, 3.8) is 0 Å². The number of para-hydroxylation sites is 1. The van der Waals surface area contributed by atoms with Crippen LogP contribution in [0.2, 0.25) is 5.02 Å². The Kier molecular flexibility index (Phi) is 3.85. The molecule has 0 saturated carbocycles. The van der Waals surface area contributed by atoms with E-state index in [-0.39, 0.29) is 11.5 Å². The fourth-order valence-electron chi connectivity index (χ4n) is 3.85. The van der Waals surface area contributed by atoms with E-state index in [1.807, 2.05) is 54.6 Å². The average molecular weight is 386 g/mol. The van der Waals surface area contributed by atoms with E-state index in [0.717, 1.165) is 33.5 Å². The predicted molar refractivity (Wildman–Crippen MR) is 112 cm³/mol. The molecule has 1 aliphatic rings. The smallest absolute Gasteiger partial charge is 0.124 e. The summed E-state index contributed by atoms with van der Waals surface area (Å²) in [5.74, 6) is 0.466. The lowest BCUT2D eigenvalue weighted by Crippen LogP contribution is -1.94. The van der Waals surface area contributed by atoms with Crippen molar-refractivity contribution < 1.29 is 10.2 Å². The van der Waals surface area contributed by atoms with Gasteiger partial charge in [0.1, 0.15) is 11.5 Å². The molecule has 0 amide bonds. The molecule has 0 spiro atoms. The van der Waals surface area contributed by atoms with Crippen LogP contribution in [0.3, 0.4) is 0 Å². The molecule has 1 heterocycles. The zero-order valence-electron chi connectivity index (χ0n) is 14.9. The summed E-state index contributed by atoms with van der Waals surface area (Å²) in [4.78, 5) is 4.87. The minimum absolute atomic E-state index is 0.186. The third-order valence-corrected chi connectivity index (χ3v) is 5.47. The van der Waals surface area contributed by atoms with E-state index in [0.29, 0.717) is 22.7 Å². The molecule has 2 N–H and O–H groups in total. The fraction of sp³-hybridized carbons (Fsp3) is 0.0417. The topological polar surface area (TPSA) is 53.4 Å². The summed E-state index contributed by atoms with van der Waals surface area (Å²) >= 11 is 6.08. The molecule has 136 valence electrons. The van der Waals surface area contributed by atoms with E-state index in [2.05, 4.69) is 0 Å². The number of benzene rings is 3. The molecule has 4 heteroatoms. The van der Waals surface area contributed by atoms with Crippen molar-refractivity contribution in [3.05, 3.63) is 88.9 Å². The second kappa shape index (κ2) is 6.39. The van der Waals surface area contributed by atoms with Gasteiger partial charge in [-0.2, -0.15) is 0 Å². The summed E-state index contributed by atoms with van der Waals surface area (Å²) in [6, 6.07) is 22.4. The normalized spacial score (nSPS) is 11.9. The standard InChI is InChI=1S/C24H16ClNO2/c25-15-10-8-14(9-11-15)18-13-21(17-4-1-2-6-22(17)27)26-24-16-5-3-7-23(28)19(16)12-20(18)24/h1-11,13,27-28H,12H2. The highest BCUT2D eigenvalue weighted by molar-refractivity contribution is 6.30. The molecule has 28 heavy (non-hydrogen) atoms. The largest absolute Gasteiger partial charge is 0.508 e. The van der Waals surface area contributed by atoms with Crippen LogP contribution in [0.15, 0.2) is 72.8 Å². The van der Waals surface area contributed by atoms with Gasteiger partial charge in [0, 0.05) is 28.1 Å². The summed E-state index contributed by atoms with van der Waals surface area (Å²) in [5.41, 5.74) is 7.14. The van der Waals surface area contributed by atoms with Gasteiger partial charge in [0.2, 0.25) is 0 Å².